The Hall–Kier alpha value is -3.58. The van der Waals surface area contributed by atoms with Gasteiger partial charge in [-0.3, -0.25) is 29.4 Å². The third-order valence-corrected chi connectivity index (χ3v) is 7.94. The van der Waals surface area contributed by atoms with Crippen molar-refractivity contribution in [2.45, 2.75) is 18.9 Å². The molecule has 2 N–H and O–H groups in total. The van der Waals surface area contributed by atoms with Gasteiger partial charge in [0.2, 0.25) is 11.8 Å². The number of carbonyl (C=O) groups excluding carboxylic acids is 4. The third kappa shape index (κ3) is 19.0. The first kappa shape index (κ1) is 46.8. The van der Waals surface area contributed by atoms with Crippen molar-refractivity contribution >= 4 is 29.3 Å². The van der Waals surface area contributed by atoms with Crippen LogP contribution in [-0.2, 0) is 61.7 Å². The number of imide groups is 2. The molecule has 0 aliphatic carbocycles. The first-order valence-corrected chi connectivity index (χ1v) is 18.9. The summed E-state index contributed by atoms with van der Waals surface area (Å²) < 4.78 is 59.8. The highest BCUT2D eigenvalue weighted by molar-refractivity contribution is 6.25. The Morgan fingerprint density at radius 1 is 0.589 bits per heavy atom. The van der Waals surface area contributed by atoms with Crippen LogP contribution in [0.15, 0.2) is 18.2 Å². The van der Waals surface area contributed by atoms with E-state index in [-0.39, 0.29) is 24.0 Å². The lowest BCUT2D eigenvalue weighted by molar-refractivity contribution is -0.136. The quantitative estimate of drug-likeness (QED) is 0.0535. The summed E-state index contributed by atoms with van der Waals surface area (Å²) in [5, 5.41) is 5.33. The number of anilines is 1. The molecule has 1 atom stereocenters. The number of hydrogen-bond acceptors (Lipinski definition) is 16. The minimum Gasteiger partial charge on any atom is -0.382 e. The number of rotatable bonds is 36. The Morgan fingerprint density at radius 3 is 1.41 bits per heavy atom. The van der Waals surface area contributed by atoms with Crippen LogP contribution in [0, 0.1) is 12.3 Å². The highest BCUT2D eigenvalue weighted by atomic mass is 16.6. The van der Waals surface area contributed by atoms with Gasteiger partial charge in [0.05, 0.1) is 150 Å². The maximum absolute atomic E-state index is 13.2. The Balaban J connectivity index is 1.00. The zero-order valence-corrected chi connectivity index (χ0v) is 32.1. The Morgan fingerprint density at radius 2 is 1.00 bits per heavy atom. The fraction of sp³-hybridized carbons (Fsp3) is 0.684. The monoisotopic (exact) mass is 795 g/mol. The predicted octanol–water partition coefficient (Wildman–Crippen LogP) is 0.316. The molecule has 0 saturated carbocycles. The van der Waals surface area contributed by atoms with Gasteiger partial charge >= 0.3 is 0 Å². The number of hydrogen-bond donors (Lipinski definition) is 2. The molecule has 0 bridgehead atoms. The zero-order valence-electron chi connectivity index (χ0n) is 32.1. The van der Waals surface area contributed by atoms with Crippen molar-refractivity contribution in [3.05, 3.63) is 29.3 Å². The summed E-state index contributed by atoms with van der Waals surface area (Å²) in [6, 6.07) is 3.90. The van der Waals surface area contributed by atoms with E-state index in [1.165, 1.54) is 0 Å². The number of terminal acetylenes is 1. The summed E-state index contributed by atoms with van der Waals surface area (Å²) >= 11 is 0. The van der Waals surface area contributed by atoms with Crippen molar-refractivity contribution in [1.82, 2.24) is 10.2 Å². The van der Waals surface area contributed by atoms with E-state index in [9.17, 15) is 19.2 Å². The summed E-state index contributed by atoms with van der Waals surface area (Å²) in [5.41, 5.74) is 0.902. The molecule has 1 saturated heterocycles. The first-order valence-electron chi connectivity index (χ1n) is 18.9. The number of nitrogens with one attached hydrogen (secondary N) is 2. The fourth-order valence-corrected chi connectivity index (χ4v) is 5.25. The van der Waals surface area contributed by atoms with Crippen LogP contribution in [0.5, 0.6) is 0 Å². The van der Waals surface area contributed by atoms with E-state index >= 15 is 0 Å². The van der Waals surface area contributed by atoms with Crippen LogP contribution < -0.4 is 10.6 Å². The van der Waals surface area contributed by atoms with E-state index in [0.717, 1.165) is 4.90 Å². The zero-order chi connectivity index (χ0) is 39.9. The SMILES string of the molecule is C#CCOCCOCCOCCOCCOCCOCCOCCOCCOCCOCCOCCNc1cccc2c1C(=O)N(C1CCC(=O)NC1=O)C2=O. The smallest absolute Gasteiger partial charge is 0.264 e. The van der Waals surface area contributed by atoms with Gasteiger partial charge in [-0.2, -0.15) is 0 Å². The molecule has 2 heterocycles. The van der Waals surface area contributed by atoms with Crippen molar-refractivity contribution in [3.8, 4) is 12.3 Å². The number of nitrogens with zero attached hydrogens (tertiary/aromatic N) is 1. The Kier molecular flexibility index (Phi) is 25.5. The van der Waals surface area contributed by atoms with Crippen molar-refractivity contribution < 1.29 is 71.3 Å². The fourth-order valence-electron chi connectivity index (χ4n) is 5.25. The molecule has 1 aromatic carbocycles. The van der Waals surface area contributed by atoms with Crippen molar-refractivity contribution in [3.63, 3.8) is 0 Å². The number of amides is 4. The molecular weight excluding hydrogens is 738 g/mol. The van der Waals surface area contributed by atoms with Gasteiger partial charge in [-0.15, -0.1) is 6.42 Å². The maximum atomic E-state index is 13.2. The van der Waals surface area contributed by atoms with E-state index in [1.807, 2.05) is 0 Å². The molecule has 1 unspecified atom stereocenters. The Labute approximate surface area is 328 Å². The highest BCUT2D eigenvalue weighted by Gasteiger charge is 2.45. The predicted molar refractivity (Wildman–Crippen MR) is 199 cm³/mol. The molecule has 18 nitrogen and oxygen atoms in total. The topological polar surface area (TPSA) is 197 Å². The summed E-state index contributed by atoms with van der Waals surface area (Å²) in [4.78, 5) is 50.9. The molecule has 2 aliphatic heterocycles. The van der Waals surface area contributed by atoms with E-state index in [0.29, 0.717) is 158 Å². The lowest BCUT2D eigenvalue weighted by Crippen LogP contribution is -2.54. The molecule has 0 aromatic heterocycles. The van der Waals surface area contributed by atoms with Crippen molar-refractivity contribution in [2.24, 2.45) is 0 Å². The van der Waals surface area contributed by atoms with Crippen LogP contribution in [-0.4, -0.2) is 186 Å². The summed E-state index contributed by atoms with van der Waals surface area (Å²) in [6.07, 6.45) is 5.25. The molecule has 56 heavy (non-hydrogen) atoms. The van der Waals surface area contributed by atoms with E-state index < -0.39 is 29.7 Å². The lowest BCUT2D eigenvalue weighted by atomic mass is 10.0. The van der Waals surface area contributed by atoms with Gasteiger partial charge in [-0.05, 0) is 18.6 Å². The van der Waals surface area contributed by atoms with E-state index in [1.54, 1.807) is 18.2 Å². The highest BCUT2D eigenvalue weighted by Crippen LogP contribution is 2.32. The summed E-state index contributed by atoms with van der Waals surface area (Å²) in [5.74, 6) is 0.218. The molecule has 2 aliphatic rings. The van der Waals surface area contributed by atoms with Crippen LogP contribution in [0.2, 0.25) is 0 Å². The molecule has 1 aromatic rings. The minimum absolute atomic E-state index is 0.0642. The normalized spacial score (nSPS) is 15.3. The number of fused-ring (bicyclic) bond motifs is 1. The van der Waals surface area contributed by atoms with Crippen LogP contribution in [0.25, 0.3) is 0 Å². The third-order valence-electron chi connectivity index (χ3n) is 7.94. The van der Waals surface area contributed by atoms with Crippen LogP contribution in [0.1, 0.15) is 33.6 Å². The van der Waals surface area contributed by atoms with Gasteiger partial charge in [-0.1, -0.05) is 12.0 Å². The molecule has 314 valence electrons. The molecule has 4 amide bonds. The van der Waals surface area contributed by atoms with Gasteiger partial charge in [0, 0.05) is 18.7 Å². The van der Waals surface area contributed by atoms with Crippen molar-refractivity contribution in [2.75, 3.05) is 157 Å². The average Bonchev–Trinajstić information content (AvgIpc) is 3.45. The molecule has 1 fully saturated rings. The average molecular weight is 796 g/mol. The second kappa shape index (κ2) is 30.5. The number of ether oxygens (including phenoxy) is 11. The standard InChI is InChI=1S/C38H57N3O15/c1-2-9-46-11-13-48-15-17-50-19-21-52-23-25-54-27-29-56-30-28-55-26-24-53-22-20-51-18-16-49-14-12-47-10-8-39-32-5-3-4-31-35(32)38(45)41(37(31)44)33-6-7-34(42)40-36(33)43/h1,3-5,33,39H,6-30H2,(H,40,42,43). The second-order valence-electron chi connectivity index (χ2n) is 12.0. The van der Waals surface area contributed by atoms with Gasteiger partial charge in [0.15, 0.2) is 0 Å². The number of carbonyl (C=O) groups is 4. The minimum atomic E-state index is -1.01. The van der Waals surface area contributed by atoms with Gasteiger partial charge in [0.1, 0.15) is 12.6 Å². The molecular formula is C38H57N3O15. The van der Waals surface area contributed by atoms with Crippen LogP contribution in [0.4, 0.5) is 5.69 Å². The van der Waals surface area contributed by atoms with Crippen molar-refractivity contribution in [1.29, 1.82) is 0 Å². The maximum Gasteiger partial charge on any atom is 0.264 e. The van der Waals surface area contributed by atoms with Crippen LogP contribution in [0.3, 0.4) is 0 Å². The van der Waals surface area contributed by atoms with E-state index in [4.69, 9.17) is 58.5 Å². The van der Waals surface area contributed by atoms with Gasteiger partial charge in [0.25, 0.3) is 11.8 Å². The second-order valence-corrected chi connectivity index (χ2v) is 12.0. The molecule has 0 radical (unpaired) electrons. The molecule has 0 spiro atoms. The first-order chi connectivity index (χ1) is 27.5. The number of benzene rings is 1. The summed E-state index contributed by atoms with van der Waals surface area (Å²) in [7, 11) is 0. The van der Waals surface area contributed by atoms with E-state index in [2.05, 4.69) is 16.6 Å². The lowest BCUT2D eigenvalue weighted by Gasteiger charge is -2.27. The van der Waals surface area contributed by atoms with Crippen LogP contribution >= 0.6 is 0 Å². The largest absolute Gasteiger partial charge is 0.382 e. The van der Waals surface area contributed by atoms with Gasteiger partial charge in [-0.25, -0.2) is 0 Å². The molecule has 18 heteroatoms. The molecule has 3 rings (SSSR count). The Bertz CT molecular complexity index is 1330. The number of piperidine rings is 1. The summed E-state index contributed by atoms with van der Waals surface area (Å²) in [6.45, 7) is 10.2. The van der Waals surface area contributed by atoms with Gasteiger partial charge < -0.3 is 57.4 Å².